The zero-order chi connectivity index (χ0) is 26.0. The molecular formula is C25H24F3N5O3. The molecule has 11 heteroatoms. The van der Waals surface area contributed by atoms with Crippen molar-refractivity contribution in [3.63, 3.8) is 0 Å². The number of ether oxygens (including phenoxy) is 1. The number of pyridine rings is 1. The van der Waals surface area contributed by atoms with Crippen LogP contribution in [0.15, 0.2) is 55.5 Å². The van der Waals surface area contributed by atoms with Crippen molar-refractivity contribution < 1.29 is 27.5 Å². The molecule has 1 unspecified atom stereocenters. The van der Waals surface area contributed by atoms with Gasteiger partial charge in [-0.15, -0.1) is 0 Å². The lowest BCUT2D eigenvalue weighted by molar-refractivity contribution is -0.145. The monoisotopic (exact) mass is 499 g/mol. The summed E-state index contributed by atoms with van der Waals surface area (Å²) in [4.78, 5) is 34.5. The third kappa shape index (κ3) is 4.95. The van der Waals surface area contributed by atoms with Crippen LogP contribution in [0.25, 0.3) is 11.3 Å². The molecule has 3 heterocycles. The third-order valence-corrected chi connectivity index (χ3v) is 5.92. The van der Waals surface area contributed by atoms with E-state index in [2.05, 4.69) is 22.0 Å². The molecule has 2 amide bonds. The van der Waals surface area contributed by atoms with E-state index in [0.717, 1.165) is 16.8 Å². The summed E-state index contributed by atoms with van der Waals surface area (Å²) >= 11 is 0. The van der Waals surface area contributed by atoms with Gasteiger partial charge in [0.05, 0.1) is 41.9 Å². The lowest BCUT2D eigenvalue weighted by atomic mass is 9.87. The van der Waals surface area contributed by atoms with E-state index in [1.54, 1.807) is 29.2 Å². The average molecular weight is 499 g/mol. The molecule has 2 aromatic heterocycles. The van der Waals surface area contributed by atoms with Gasteiger partial charge < -0.3 is 9.30 Å². The molecule has 1 fully saturated rings. The number of methoxy groups -OCH3 is 1. The molecule has 0 spiro atoms. The van der Waals surface area contributed by atoms with Crippen LogP contribution in [-0.2, 0) is 15.8 Å². The summed E-state index contributed by atoms with van der Waals surface area (Å²) in [6, 6.07) is 8.27. The van der Waals surface area contributed by atoms with Crippen molar-refractivity contribution in [1.29, 1.82) is 0 Å². The molecule has 188 valence electrons. The van der Waals surface area contributed by atoms with Gasteiger partial charge in [-0.25, -0.2) is 9.97 Å². The second-order valence-corrected chi connectivity index (χ2v) is 8.34. The summed E-state index contributed by atoms with van der Waals surface area (Å²) in [5.41, 5.74) is 3.10. The maximum Gasteiger partial charge on any atom is 0.416 e. The number of nitrogens with zero attached hydrogens (tertiary/aromatic N) is 4. The second kappa shape index (κ2) is 9.84. The largest absolute Gasteiger partial charge is 0.479 e. The van der Waals surface area contributed by atoms with Crippen molar-refractivity contribution in [3.05, 3.63) is 78.0 Å². The first-order valence-electron chi connectivity index (χ1n) is 11.1. The Hall–Kier alpha value is -4.15. The third-order valence-electron chi connectivity index (χ3n) is 5.92. The fourth-order valence-electron chi connectivity index (χ4n) is 4.14. The van der Waals surface area contributed by atoms with Crippen molar-refractivity contribution in [2.45, 2.75) is 31.9 Å². The maximum absolute atomic E-state index is 13.5. The average Bonchev–Trinajstić information content (AvgIpc) is 3.29. The minimum atomic E-state index is -4.59. The van der Waals surface area contributed by atoms with Gasteiger partial charge in [0.25, 0.3) is 5.91 Å². The number of hydrazine groups is 1. The van der Waals surface area contributed by atoms with Crippen LogP contribution in [0.1, 0.15) is 41.3 Å². The molecule has 0 aliphatic carbocycles. The minimum Gasteiger partial charge on any atom is -0.479 e. The molecule has 0 bridgehead atoms. The topological polar surface area (TPSA) is 89.4 Å². The number of amides is 2. The highest BCUT2D eigenvalue weighted by atomic mass is 19.4. The first-order valence-corrected chi connectivity index (χ1v) is 11.1. The van der Waals surface area contributed by atoms with Crippen LogP contribution in [0.4, 0.5) is 13.2 Å². The number of carbonyl (C=O) groups excluding carboxylic acids is 2. The normalized spacial score (nSPS) is 16.1. The predicted molar refractivity (Wildman–Crippen MR) is 125 cm³/mol. The number of nitrogens with one attached hydrogen (secondary N) is 1. The van der Waals surface area contributed by atoms with E-state index in [0.29, 0.717) is 12.1 Å². The first kappa shape index (κ1) is 25.0. The Bertz CT molecular complexity index is 1320. The maximum atomic E-state index is 13.5. The number of alkyl halides is 3. The van der Waals surface area contributed by atoms with Gasteiger partial charge in [0.2, 0.25) is 11.8 Å². The highest BCUT2D eigenvalue weighted by molar-refractivity contribution is 6.18. The number of rotatable bonds is 6. The van der Waals surface area contributed by atoms with E-state index < -0.39 is 29.5 Å². The Balaban J connectivity index is 1.51. The Morgan fingerprint density at radius 2 is 1.97 bits per heavy atom. The predicted octanol–water partition coefficient (Wildman–Crippen LogP) is 4.05. The lowest BCUT2D eigenvalue weighted by Crippen LogP contribution is -2.51. The Kier molecular flexibility index (Phi) is 6.82. The standard InChI is InChI=1S/C25H24F3N5O3/c1-15-13-32(14-29-15)21-11-10-20(30-23(21)36-3)16(2)22(34)31-33-12-6-8-18(24(33)35)17-7-4-5-9-19(17)25(26,27)28/h4-5,7,9-11,13-14,18H,2,6,8,12H2,1,3H3,(H,31,34). The van der Waals surface area contributed by atoms with Crippen molar-refractivity contribution in [2.24, 2.45) is 0 Å². The number of piperidine rings is 1. The molecule has 1 saturated heterocycles. The molecule has 36 heavy (non-hydrogen) atoms. The van der Waals surface area contributed by atoms with Crippen LogP contribution in [-0.4, -0.2) is 45.0 Å². The van der Waals surface area contributed by atoms with E-state index >= 15 is 0 Å². The Morgan fingerprint density at radius 1 is 1.22 bits per heavy atom. The number of hydrogen-bond donors (Lipinski definition) is 1. The molecule has 4 rings (SSSR count). The summed E-state index contributed by atoms with van der Waals surface area (Å²) in [6.07, 6.45) is -0.544. The van der Waals surface area contributed by atoms with Crippen LogP contribution in [0, 0.1) is 6.92 Å². The van der Waals surface area contributed by atoms with Gasteiger partial charge in [0.15, 0.2) is 0 Å². The number of hydrogen-bond acceptors (Lipinski definition) is 5. The number of imidazole rings is 1. The molecule has 1 aliphatic rings. The van der Waals surface area contributed by atoms with Gasteiger partial charge in [-0.1, -0.05) is 24.8 Å². The quantitative estimate of drug-likeness (QED) is 0.517. The van der Waals surface area contributed by atoms with Gasteiger partial charge in [0.1, 0.15) is 5.69 Å². The highest BCUT2D eigenvalue weighted by Gasteiger charge is 2.39. The highest BCUT2D eigenvalue weighted by Crippen LogP contribution is 2.38. The molecule has 0 saturated carbocycles. The van der Waals surface area contributed by atoms with Crippen LogP contribution in [0.3, 0.4) is 0 Å². The SMILES string of the molecule is C=C(C(=O)NN1CCCC(c2ccccc2C(F)(F)F)C1=O)c1ccc(-n2cnc(C)c2)c(OC)n1. The second-order valence-electron chi connectivity index (χ2n) is 8.34. The summed E-state index contributed by atoms with van der Waals surface area (Å²) < 4.78 is 47.6. The number of benzene rings is 1. The number of carbonyl (C=O) groups is 2. The molecular weight excluding hydrogens is 475 g/mol. The van der Waals surface area contributed by atoms with Gasteiger partial charge >= 0.3 is 6.18 Å². The molecule has 8 nitrogen and oxygen atoms in total. The molecule has 1 aliphatic heterocycles. The van der Waals surface area contributed by atoms with Gasteiger partial charge in [-0.3, -0.25) is 20.0 Å². The Morgan fingerprint density at radius 3 is 2.64 bits per heavy atom. The molecule has 3 aromatic rings. The summed E-state index contributed by atoms with van der Waals surface area (Å²) in [7, 11) is 1.44. The number of aromatic nitrogens is 3. The zero-order valence-electron chi connectivity index (χ0n) is 19.7. The fraction of sp³-hybridized carbons (Fsp3) is 0.280. The lowest BCUT2D eigenvalue weighted by Gasteiger charge is -2.33. The minimum absolute atomic E-state index is 0.0349. The molecule has 0 radical (unpaired) electrons. The fourth-order valence-corrected chi connectivity index (χ4v) is 4.14. The van der Waals surface area contributed by atoms with Crippen molar-refractivity contribution >= 4 is 17.4 Å². The summed E-state index contributed by atoms with van der Waals surface area (Å²) in [5.74, 6) is -2.11. The van der Waals surface area contributed by atoms with Crippen molar-refractivity contribution in [3.8, 4) is 11.6 Å². The van der Waals surface area contributed by atoms with E-state index in [1.165, 1.54) is 25.3 Å². The number of aryl methyl sites for hydroxylation is 1. The van der Waals surface area contributed by atoms with E-state index in [1.807, 2.05) is 6.92 Å². The smallest absolute Gasteiger partial charge is 0.416 e. The molecule has 1 N–H and O–H groups in total. The van der Waals surface area contributed by atoms with E-state index in [4.69, 9.17) is 4.74 Å². The van der Waals surface area contributed by atoms with Gasteiger partial charge in [0, 0.05) is 12.7 Å². The van der Waals surface area contributed by atoms with Crippen molar-refractivity contribution in [1.82, 2.24) is 25.0 Å². The summed E-state index contributed by atoms with van der Waals surface area (Å²) in [6.45, 7) is 5.79. The molecule has 1 aromatic carbocycles. The van der Waals surface area contributed by atoms with E-state index in [9.17, 15) is 22.8 Å². The van der Waals surface area contributed by atoms with Gasteiger partial charge in [-0.05, 0) is 43.5 Å². The van der Waals surface area contributed by atoms with Gasteiger partial charge in [-0.2, -0.15) is 13.2 Å². The number of halogens is 3. The zero-order valence-corrected chi connectivity index (χ0v) is 19.7. The summed E-state index contributed by atoms with van der Waals surface area (Å²) in [5, 5.41) is 1.05. The van der Waals surface area contributed by atoms with Crippen LogP contribution < -0.4 is 10.2 Å². The first-order chi connectivity index (χ1) is 17.1. The Labute approximate surface area is 205 Å². The van der Waals surface area contributed by atoms with E-state index in [-0.39, 0.29) is 35.7 Å². The van der Waals surface area contributed by atoms with Crippen molar-refractivity contribution in [2.75, 3.05) is 13.7 Å². The molecule has 1 atom stereocenters. The van der Waals surface area contributed by atoms with Crippen LogP contribution >= 0.6 is 0 Å². The van der Waals surface area contributed by atoms with Crippen LogP contribution in [0.2, 0.25) is 0 Å². The van der Waals surface area contributed by atoms with Crippen LogP contribution in [0.5, 0.6) is 5.88 Å².